The maximum absolute atomic E-state index is 9.25. The average Bonchev–Trinajstić information content (AvgIpc) is 3.02. The second-order valence-electron chi connectivity index (χ2n) is 6.92. The number of likely N-dealkylation sites (tertiary alicyclic amines) is 1. The number of nitrogens with zero attached hydrogens (tertiary/aromatic N) is 3. The van der Waals surface area contributed by atoms with Gasteiger partial charge in [-0.15, -0.1) is 0 Å². The highest BCUT2D eigenvalue weighted by molar-refractivity contribution is 5.47. The van der Waals surface area contributed by atoms with Crippen molar-refractivity contribution < 1.29 is 5.11 Å². The zero-order chi connectivity index (χ0) is 16.9. The predicted octanol–water partition coefficient (Wildman–Crippen LogP) is 2.80. The Morgan fingerprint density at radius 2 is 2.12 bits per heavy atom. The number of nitrogens with one attached hydrogen (secondary N) is 1. The third-order valence-corrected chi connectivity index (χ3v) is 4.91. The molecule has 0 aliphatic carbocycles. The van der Waals surface area contributed by atoms with E-state index in [1.165, 1.54) is 11.1 Å². The zero-order valence-electron chi connectivity index (χ0n) is 14.7. The molecule has 130 valence electrons. The lowest BCUT2D eigenvalue weighted by Crippen LogP contribution is -2.34. The molecule has 0 amide bonds. The number of aryl methyl sites for hydroxylation is 1. The van der Waals surface area contributed by atoms with E-state index < -0.39 is 0 Å². The molecule has 0 spiro atoms. The molecule has 3 rings (SSSR count). The topological polar surface area (TPSA) is 53.3 Å². The van der Waals surface area contributed by atoms with Crippen molar-refractivity contribution in [3.8, 4) is 0 Å². The Balaban J connectivity index is 1.58. The molecule has 0 saturated carbocycles. The molecular weight excluding hydrogens is 300 g/mol. The van der Waals surface area contributed by atoms with Gasteiger partial charge in [0.25, 0.3) is 0 Å². The number of aromatic nitrogens is 2. The minimum absolute atomic E-state index is 0.231. The van der Waals surface area contributed by atoms with Gasteiger partial charge in [-0.2, -0.15) is 5.10 Å². The number of piperidine rings is 1. The molecular formula is C19H28N4O. The van der Waals surface area contributed by atoms with E-state index in [9.17, 15) is 5.11 Å². The quantitative estimate of drug-likeness (QED) is 0.856. The first-order valence-electron chi connectivity index (χ1n) is 8.81. The van der Waals surface area contributed by atoms with Gasteiger partial charge < -0.3 is 10.4 Å². The molecule has 24 heavy (non-hydrogen) atoms. The van der Waals surface area contributed by atoms with Gasteiger partial charge in [-0.25, -0.2) is 0 Å². The monoisotopic (exact) mass is 328 g/mol. The molecule has 2 aromatic rings. The van der Waals surface area contributed by atoms with E-state index in [1.54, 1.807) is 0 Å². The normalized spacial score (nSPS) is 17.8. The zero-order valence-corrected chi connectivity index (χ0v) is 14.7. The molecule has 1 aliphatic heterocycles. The number of hydrogen-bond acceptors (Lipinski definition) is 4. The summed E-state index contributed by atoms with van der Waals surface area (Å²) in [4.78, 5) is 2.48. The Kier molecular flexibility index (Phi) is 5.53. The van der Waals surface area contributed by atoms with Gasteiger partial charge in [0, 0.05) is 37.6 Å². The number of benzene rings is 1. The molecule has 1 saturated heterocycles. The molecule has 0 radical (unpaired) electrons. The van der Waals surface area contributed by atoms with Crippen LogP contribution in [0.1, 0.15) is 36.9 Å². The fraction of sp³-hybridized carbons (Fsp3) is 0.526. The van der Waals surface area contributed by atoms with E-state index in [4.69, 9.17) is 0 Å². The van der Waals surface area contributed by atoms with Gasteiger partial charge in [0.15, 0.2) is 0 Å². The summed E-state index contributed by atoms with van der Waals surface area (Å²) in [5.74, 6) is 0.495. The van der Waals surface area contributed by atoms with Crippen molar-refractivity contribution in [2.75, 3.05) is 25.0 Å². The minimum Gasteiger partial charge on any atom is -0.396 e. The smallest absolute Gasteiger partial charge is 0.0542 e. The third kappa shape index (κ3) is 4.36. The second kappa shape index (κ2) is 7.81. The van der Waals surface area contributed by atoms with E-state index in [0.29, 0.717) is 12.5 Å². The van der Waals surface area contributed by atoms with Crippen LogP contribution in [0.4, 0.5) is 5.69 Å². The van der Waals surface area contributed by atoms with Crippen LogP contribution in [-0.4, -0.2) is 39.5 Å². The maximum atomic E-state index is 9.25. The second-order valence-corrected chi connectivity index (χ2v) is 6.92. The summed E-state index contributed by atoms with van der Waals surface area (Å²) in [5, 5.41) is 17.0. The fourth-order valence-corrected chi connectivity index (χ4v) is 3.34. The standard InChI is InChI=1S/C19H28N4O/c1-15(18-11-20-22(2)13-18)21-19-5-3-4-17(10-19)12-23-8-6-16(14-24)7-9-23/h3-5,10-11,13,15-16,21,24H,6-9,12,14H2,1-2H3. The SMILES string of the molecule is CC(Nc1cccc(CN2CCC(CO)CC2)c1)c1cnn(C)c1. The van der Waals surface area contributed by atoms with Gasteiger partial charge in [-0.05, 0) is 56.5 Å². The van der Waals surface area contributed by atoms with Crippen LogP contribution in [0.5, 0.6) is 0 Å². The van der Waals surface area contributed by atoms with Gasteiger partial charge in [0.05, 0.1) is 12.2 Å². The van der Waals surface area contributed by atoms with E-state index in [2.05, 4.69) is 46.5 Å². The fourth-order valence-electron chi connectivity index (χ4n) is 3.34. The summed E-state index contributed by atoms with van der Waals surface area (Å²) < 4.78 is 1.83. The molecule has 1 aromatic heterocycles. The van der Waals surface area contributed by atoms with Crippen molar-refractivity contribution in [1.82, 2.24) is 14.7 Å². The van der Waals surface area contributed by atoms with Gasteiger partial charge >= 0.3 is 0 Å². The van der Waals surface area contributed by atoms with Crippen molar-refractivity contribution in [3.05, 3.63) is 47.8 Å². The summed E-state index contributed by atoms with van der Waals surface area (Å²) >= 11 is 0. The van der Waals surface area contributed by atoms with Crippen LogP contribution in [0.15, 0.2) is 36.7 Å². The molecule has 5 heteroatoms. The first kappa shape index (κ1) is 17.0. The summed E-state index contributed by atoms with van der Waals surface area (Å²) in [5.41, 5.74) is 3.67. The Hall–Kier alpha value is -1.85. The lowest BCUT2D eigenvalue weighted by atomic mass is 9.97. The largest absolute Gasteiger partial charge is 0.396 e. The molecule has 1 atom stereocenters. The molecule has 1 unspecified atom stereocenters. The van der Waals surface area contributed by atoms with Crippen molar-refractivity contribution in [3.63, 3.8) is 0 Å². The number of aliphatic hydroxyl groups excluding tert-OH is 1. The van der Waals surface area contributed by atoms with E-state index in [1.807, 2.05) is 24.1 Å². The maximum Gasteiger partial charge on any atom is 0.0542 e. The molecule has 1 aliphatic rings. The molecule has 2 N–H and O–H groups in total. The lowest BCUT2D eigenvalue weighted by Gasteiger charge is -2.31. The molecule has 2 heterocycles. The first-order chi connectivity index (χ1) is 11.6. The van der Waals surface area contributed by atoms with E-state index >= 15 is 0 Å². The van der Waals surface area contributed by atoms with Gasteiger partial charge in [0.1, 0.15) is 0 Å². The Labute approximate surface area is 144 Å². The highest BCUT2D eigenvalue weighted by Gasteiger charge is 2.18. The van der Waals surface area contributed by atoms with Crippen molar-refractivity contribution in [1.29, 1.82) is 0 Å². The molecule has 0 bridgehead atoms. The number of aliphatic hydroxyl groups is 1. The van der Waals surface area contributed by atoms with Gasteiger partial charge in [0.2, 0.25) is 0 Å². The molecule has 1 aromatic carbocycles. The van der Waals surface area contributed by atoms with Crippen LogP contribution < -0.4 is 5.32 Å². The van der Waals surface area contributed by atoms with Crippen molar-refractivity contribution in [2.45, 2.75) is 32.4 Å². The predicted molar refractivity (Wildman–Crippen MR) is 96.8 cm³/mol. The van der Waals surface area contributed by atoms with Crippen LogP contribution in [0.3, 0.4) is 0 Å². The Bertz CT molecular complexity index is 646. The van der Waals surface area contributed by atoms with Crippen LogP contribution in [-0.2, 0) is 13.6 Å². The number of hydrogen-bond donors (Lipinski definition) is 2. The average molecular weight is 328 g/mol. The highest BCUT2D eigenvalue weighted by atomic mass is 16.3. The van der Waals surface area contributed by atoms with Crippen molar-refractivity contribution in [2.24, 2.45) is 13.0 Å². The summed E-state index contributed by atoms with van der Waals surface area (Å²) in [6.45, 7) is 5.63. The number of rotatable bonds is 6. The lowest BCUT2D eigenvalue weighted by molar-refractivity contribution is 0.127. The molecule has 1 fully saturated rings. The summed E-state index contributed by atoms with van der Waals surface area (Å²) in [6, 6.07) is 8.90. The van der Waals surface area contributed by atoms with Crippen LogP contribution in [0.2, 0.25) is 0 Å². The van der Waals surface area contributed by atoms with Gasteiger partial charge in [-0.3, -0.25) is 9.58 Å². The Morgan fingerprint density at radius 3 is 2.79 bits per heavy atom. The van der Waals surface area contributed by atoms with Gasteiger partial charge in [-0.1, -0.05) is 12.1 Å². The Morgan fingerprint density at radius 1 is 1.33 bits per heavy atom. The highest BCUT2D eigenvalue weighted by Crippen LogP contribution is 2.22. The minimum atomic E-state index is 0.231. The first-order valence-corrected chi connectivity index (χ1v) is 8.81. The van der Waals surface area contributed by atoms with E-state index in [-0.39, 0.29) is 6.04 Å². The van der Waals surface area contributed by atoms with Crippen molar-refractivity contribution >= 4 is 5.69 Å². The summed E-state index contributed by atoms with van der Waals surface area (Å²) in [7, 11) is 1.94. The number of anilines is 1. The van der Waals surface area contributed by atoms with Crippen LogP contribution >= 0.6 is 0 Å². The van der Waals surface area contributed by atoms with Crippen LogP contribution in [0.25, 0.3) is 0 Å². The van der Waals surface area contributed by atoms with Crippen LogP contribution in [0, 0.1) is 5.92 Å². The third-order valence-electron chi connectivity index (χ3n) is 4.91. The molecule has 5 nitrogen and oxygen atoms in total. The summed E-state index contributed by atoms with van der Waals surface area (Å²) in [6.07, 6.45) is 6.17. The van der Waals surface area contributed by atoms with E-state index in [0.717, 1.165) is 38.2 Å².